The molecule has 0 saturated heterocycles. The van der Waals surface area contributed by atoms with E-state index in [0.717, 1.165) is 24.1 Å². The molecule has 1 spiro atoms. The van der Waals surface area contributed by atoms with Crippen LogP contribution in [0.2, 0.25) is 0 Å². The first-order valence-electron chi connectivity index (χ1n) is 6.88. The van der Waals surface area contributed by atoms with Crippen molar-refractivity contribution in [1.82, 2.24) is 5.48 Å². The topological polar surface area (TPSA) is 82.8 Å². The van der Waals surface area contributed by atoms with Crippen LogP contribution >= 0.6 is 0 Å². The highest BCUT2D eigenvalue weighted by Gasteiger charge is 2.41. The molecule has 3 rings (SSSR count). The Kier molecular flexibility index (Phi) is 3.47. The minimum atomic E-state index is -0.530. The zero-order valence-corrected chi connectivity index (χ0v) is 11.8. The van der Waals surface area contributed by atoms with E-state index in [-0.39, 0.29) is 12.2 Å². The van der Waals surface area contributed by atoms with Crippen molar-refractivity contribution in [2.24, 2.45) is 5.73 Å². The van der Waals surface area contributed by atoms with Gasteiger partial charge >= 0.3 is 0 Å². The molecule has 0 atom stereocenters. The normalized spacial score (nSPS) is 18.6. The number of hydrogen-bond donors (Lipinski definition) is 2. The summed E-state index contributed by atoms with van der Waals surface area (Å²) in [5.74, 6) is 0.501. The van der Waals surface area contributed by atoms with Crippen LogP contribution in [0.1, 0.15) is 24.8 Å². The number of nitrogens with two attached hydrogens (primary N) is 1. The Bertz CT molecular complexity index is 593. The molecule has 112 valence electrons. The van der Waals surface area contributed by atoms with Gasteiger partial charge in [0.25, 0.3) is 5.91 Å². The number of rotatable bonds is 5. The summed E-state index contributed by atoms with van der Waals surface area (Å²) in [4.78, 5) is 16.5. The molecule has 0 radical (unpaired) electrons. The summed E-state index contributed by atoms with van der Waals surface area (Å²) >= 11 is 0. The Labute approximate surface area is 122 Å². The fourth-order valence-electron chi connectivity index (χ4n) is 2.50. The Morgan fingerprint density at radius 3 is 2.81 bits per heavy atom. The monoisotopic (exact) mass is 290 g/mol. The lowest BCUT2D eigenvalue weighted by Gasteiger charge is -2.33. The number of benzene rings is 1. The van der Waals surface area contributed by atoms with Crippen molar-refractivity contribution in [1.29, 1.82) is 0 Å². The Hall–Kier alpha value is -2.21. The van der Waals surface area contributed by atoms with E-state index < -0.39 is 5.91 Å². The first-order chi connectivity index (χ1) is 10.1. The van der Waals surface area contributed by atoms with Gasteiger partial charge in [0.1, 0.15) is 5.60 Å². The number of carbonyl (C=O) groups excluding carboxylic acids is 1. The second kappa shape index (κ2) is 5.29. The third kappa shape index (κ3) is 2.67. The van der Waals surface area contributed by atoms with Crippen molar-refractivity contribution in [3.8, 4) is 11.5 Å². The van der Waals surface area contributed by atoms with Gasteiger partial charge in [-0.25, -0.2) is 0 Å². The van der Waals surface area contributed by atoms with Crippen LogP contribution in [-0.2, 0) is 9.63 Å². The summed E-state index contributed by atoms with van der Waals surface area (Å²) in [5.41, 5.74) is 9.74. The van der Waals surface area contributed by atoms with Crippen LogP contribution < -0.4 is 20.7 Å². The van der Waals surface area contributed by atoms with E-state index in [1.54, 1.807) is 13.2 Å². The Morgan fingerprint density at radius 1 is 1.43 bits per heavy atom. The van der Waals surface area contributed by atoms with E-state index in [1.807, 2.05) is 12.1 Å². The molecule has 0 unspecified atom stereocenters. The number of hydrogen-bond acceptors (Lipinski definition) is 5. The van der Waals surface area contributed by atoms with Gasteiger partial charge in [-0.15, -0.1) is 0 Å². The minimum absolute atomic E-state index is 0.149. The summed E-state index contributed by atoms with van der Waals surface area (Å²) in [5, 5.41) is 0. The average molecular weight is 290 g/mol. The number of primary amides is 1. The summed E-state index contributed by atoms with van der Waals surface area (Å²) in [6.45, 7) is -0.188. The van der Waals surface area contributed by atoms with Crippen LogP contribution in [0.15, 0.2) is 24.3 Å². The summed E-state index contributed by atoms with van der Waals surface area (Å²) in [7, 11) is 1.55. The van der Waals surface area contributed by atoms with Crippen molar-refractivity contribution in [2.75, 3.05) is 13.7 Å². The first-order valence-corrected chi connectivity index (χ1v) is 6.88. The molecule has 3 N–H and O–H groups in total. The second-order valence-electron chi connectivity index (χ2n) is 5.30. The predicted molar refractivity (Wildman–Crippen MR) is 76.5 cm³/mol. The molecule has 1 aliphatic carbocycles. The van der Waals surface area contributed by atoms with Gasteiger partial charge in [0, 0.05) is 5.56 Å². The molecule has 6 heteroatoms. The van der Waals surface area contributed by atoms with E-state index >= 15 is 0 Å². The van der Waals surface area contributed by atoms with Gasteiger partial charge in [-0.2, -0.15) is 0 Å². The highest BCUT2D eigenvalue weighted by atomic mass is 16.7. The van der Waals surface area contributed by atoms with Gasteiger partial charge < -0.3 is 15.2 Å². The van der Waals surface area contributed by atoms with E-state index in [1.165, 1.54) is 6.42 Å². The van der Waals surface area contributed by atoms with Crippen LogP contribution in [0, 0.1) is 0 Å². The lowest BCUT2D eigenvalue weighted by atomic mass is 9.80. The first kappa shape index (κ1) is 13.8. The number of amides is 1. The number of carbonyl (C=O) groups is 1. The van der Waals surface area contributed by atoms with Crippen molar-refractivity contribution in [2.45, 2.75) is 24.9 Å². The molecule has 0 aromatic heterocycles. The fraction of sp³-hybridized carbons (Fsp3) is 0.400. The van der Waals surface area contributed by atoms with Gasteiger partial charge in [-0.3, -0.25) is 15.1 Å². The maximum Gasteiger partial charge on any atom is 0.255 e. The standard InChI is InChI=1S/C15H18N2O4/c1-19-12-4-3-10(7-13(12)20-9-14(16)18)11-8-15(21-17-11)5-2-6-15/h3-4,7-8,17H,2,5-6,9H2,1H3,(H2,16,18). The molecular weight excluding hydrogens is 272 g/mol. The summed E-state index contributed by atoms with van der Waals surface area (Å²) in [6.07, 6.45) is 5.35. The van der Waals surface area contributed by atoms with Crippen molar-refractivity contribution in [3.05, 3.63) is 29.8 Å². The van der Waals surface area contributed by atoms with Crippen LogP contribution in [-0.4, -0.2) is 25.2 Å². The summed E-state index contributed by atoms with van der Waals surface area (Å²) < 4.78 is 10.6. The van der Waals surface area contributed by atoms with Gasteiger partial charge in [0.05, 0.1) is 12.8 Å². The smallest absolute Gasteiger partial charge is 0.255 e. The van der Waals surface area contributed by atoms with Crippen LogP contribution in [0.25, 0.3) is 5.70 Å². The maximum absolute atomic E-state index is 10.9. The molecule has 1 amide bonds. The number of nitrogens with one attached hydrogen (secondary N) is 1. The predicted octanol–water partition coefficient (Wildman–Crippen LogP) is 1.36. The van der Waals surface area contributed by atoms with Gasteiger partial charge in [-0.1, -0.05) is 0 Å². The molecule has 1 aromatic rings. The van der Waals surface area contributed by atoms with E-state index in [4.69, 9.17) is 20.0 Å². The lowest BCUT2D eigenvalue weighted by Crippen LogP contribution is -2.36. The highest BCUT2D eigenvalue weighted by molar-refractivity contribution is 5.75. The van der Waals surface area contributed by atoms with Gasteiger partial charge in [-0.05, 0) is 43.5 Å². The highest BCUT2D eigenvalue weighted by Crippen LogP contribution is 2.42. The Balaban J connectivity index is 1.84. The molecule has 1 saturated carbocycles. The van der Waals surface area contributed by atoms with Crippen LogP contribution in [0.3, 0.4) is 0 Å². The third-order valence-electron chi connectivity index (χ3n) is 3.82. The van der Waals surface area contributed by atoms with Crippen LogP contribution in [0.4, 0.5) is 0 Å². The van der Waals surface area contributed by atoms with Crippen molar-refractivity contribution >= 4 is 11.6 Å². The van der Waals surface area contributed by atoms with Crippen molar-refractivity contribution < 1.29 is 19.1 Å². The van der Waals surface area contributed by atoms with E-state index in [0.29, 0.717) is 11.5 Å². The molecule has 0 bridgehead atoms. The zero-order chi connectivity index (χ0) is 14.9. The third-order valence-corrected chi connectivity index (χ3v) is 3.82. The zero-order valence-electron chi connectivity index (χ0n) is 11.8. The molecule has 1 heterocycles. The fourth-order valence-corrected chi connectivity index (χ4v) is 2.50. The Morgan fingerprint density at radius 2 is 2.24 bits per heavy atom. The van der Waals surface area contributed by atoms with Gasteiger partial charge in [0.15, 0.2) is 18.1 Å². The molecule has 1 aliphatic heterocycles. The molecule has 1 aromatic carbocycles. The average Bonchev–Trinajstić information content (AvgIpc) is 2.90. The molecular formula is C15H18N2O4. The van der Waals surface area contributed by atoms with Crippen LogP contribution in [0.5, 0.6) is 11.5 Å². The lowest BCUT2D eigenvalue weighted by molar-refractivity contribution is -0.119. The van der Waals surface area contributed by atoms with Crippen molar-refractivity contribution in [3.63, 3.8) is 0 Å². The quantitative estimate of drug-likeness (QED) is 0.855. The number of hydroxylamine groups is 1. The van der Waals surface area contributed by atoms with Gasteiger partial charge in [0.2, 0.25) is 0 Å². The van der Waals surface area contributed by atoms with E-state index in [2.05, 4.69) is 11.6 Å². The van der Waals surface area contributed by atoms with E-state index in [9.17, 15) is 4.79 Å². The molecule has 6 nitrogen and oxygen atoms in total. The molecule has 2 aliphatic rings. The number of ether oxygens (including phenoxy) is 2. The molecule has 21 heavy (non-hydrogen) atoms. The SMILES string of the molecule is COc1ccc(C2=CC3(CCC3)ON2)cc1OCC(N)=O. The summed E-state index contributed by atoms with van der Waals surface area (Å²) in [6, 6.07) is 5.51. The maximum atomic E-state index is 10.9. The minimum Gasteiger partial charge on any atom is -0.493 e. The number of methoxy groups -OCH3 is 1. The molecule has 1 fully saturated rings. The largest absolute Gasteiger partial charge is 0.493 e. The second-order valence-corrected chi connectivity index (χ2v) is 5.30.